The zero-order valence-electron chi connectivity index (χ0n) is 5.12. The Morgan fingerprint density at radius 3 is 1.17 bits per heavy atom. The molecule has 0 saturated heterocycles. The van der Waals surface area contributed by atoms with E-state index in [4.69, 9.17) is 0 Å². The quantitative estimate of drug-likeness (QED) is 0.439. The van der Waals surface area contributed by atoms with E-state index in [1.807, 2.05) is 0 Å². The Morgan fingerprint density at radius 2 is 1.17 bits per heavy atom. The molecule has 40 valence electrons. The van der Waals surface area contributed by atoms with Crippen LogP contribution in [0.1, 0.15) is 20.3 Å². The number of methoxy groups -OCH3 is 1. The molecule has 1 heteroatoms. The highest BCUT2D eigenvalue weighted by Crippen LogP contribution is 1.56. The molecule has 6 heavy (non-hydrogen) atoms. The summed E-state index contributed by atoms with van der Waals surface area (Å²) < 4.78 is 4.25. The Bertz CT molecular complexity index is 5.90. The van der Waals surface area contributed by atoms with Crippen LogP contribution in [-0.4, -0.2) is 14.2 Å². The highest BCUT2D eigenvalue weighted by atomic mass is 16.4. The van der Waals surface area contributed by atoms with Gasteiger partial charge in [-0.3, -0.25) is 0 Å². The fraction of sp³-hybridized carbons (Fsp3) is 1.00. The molecule has 0 unspecified atom stereocenters. The van der Waals surface area contributed by atoms with Crippen LogP contribution in [0.25, 0.3) is 0 Å². The summed E-state index contributed by atoms with van der Waals surface area (Å²) in [6, 6.07) is 0. The molecule has 0 heterocycles. The minimum Gasteiger partial charge on any atom is -0.388 e. The smallest absolute Gasteiger partial charge is 0.0351 e. The van der Waals surface area contributed by atoms with Crippen LogP contribution in [0.2, 0.25) is 0 Å². The fourth-order valence-electron chi connectivity index (χ4n) is 0. The van der Waals surface area contributed by atoms with Crippen LogP contribution in [-0.2, 0) is 4.74 Å². The second kappa shape index (κ2) is 20.2. The molecule has 0 aliphatic carbocycles. The van der Waals surface area contributed by atoms with E-state index in [1.165, 1.54) is 6.42 Å². The summed E-state index contributed by atoms with van der Waals surface area (Å²) in [5.74, 6) is 0. The van der Waals surface area contributed by atoms with Crippen molar-refractivity contribution in [2.45, 2.75) is 20.3 Å². The van der Waals surface area contributed by atoms with E-state index in [0.717, 1.165) is 0 Å². The lowest BCUT2D eigenvalue weighted by Crippen LogP contribution is -1.55. The molecule has 0 aromatic rings. The van der Waals surface area contributed by atoms with Gasteiger partial charge in [-0.15, -0.1) is 0 Å². The number of hydrogen-bond acceptors (Lipinski definition) is 1. The molecule has 0 fully saturated rings. The largest absolute Gasteiger partial charge is 0.388 e. The summed E-state index contributed by atoms with van der Waals surface area (Å²) in [7, 11) is 3.25. The molecule has 0 aromatic carbocycles. The first kappa shape index (κ1) is 9.35. The summed E-state index contributed by atoms with van der Waals surface area (Å²) >= 11 is 0. The Morgan fingerprint density at radius 1 is 1.17 bits per heavy atom. The Kier molecular flexibility index (Phi) is 31.6. The summed E-state index contributed by atoms with van der Waals surface area (Å²) in [6.45, 7) is 4.25. The van der Waals surface area contributed by atoms with Crippen LogP contribution in [0.5, 0.6) is 0 Å². The zero-order valence-corrected chi connectivity index (χ0v) is 5.12. The SMILES string of the molecule is CCC.COC. The summed E-state index contributed by atoms with van der Waals surface area (Å²) in [5, 5.41) is 0. The van der Waals surface area contributed by atoms with Crippen molar-refractivity contribution in [2.75, 3.05) is 14.2 Å². The first-order valence-corrected chi connectivity index (χ1v) is 2.23. The van der Waals surface area contributed by atoms with Crippen molar-refractivity contribution in [3.05, 3.63) is 0 Å². The van der Waals surface area contributed by atoms with Crippen molar-refractivity contribution >= 4 is 0 Å². The van der Waals surface area contributed by atoms with Crippen molar-refractivity contribution in [3.8, 4) is 0 Å². The molecule has 0 N–H and O–H groups in total. The van der Waals surface area contributed by atoms with E-state index in [2.05, 4.69) is 18.6 Å². The Balaban J connectivity index is 0. The van der Waals surface area contributed by atoms with Crippen LogP contribution in [0, 0.1) is 0 Å². The average molecular weight is 90.2 g/mol. The van der Waals surface area contributed by atoms with Gasteiger partial charge in [0.25, 0.3) is 0 Å². The van der Waals surface area contributed by atoms with Gasteiger partial charge in [0.1, 0.15) is 0 Å². The first-order chi connectivity index (χ1) is 2.83. The molecular formula is C5H14O. The molecular weight excluding hydrogens is 76.1 g/mol. The maximum absolute atomic E-state index is 4.25. The van der Waals surface area contributed by atoms with Crippen molar-refractivity contribution in [1.29, 1.82) is 0 Å². The highest BCUT2D eigenvalue weighted by molar-refractivity contribution is 3.92. The summed E-state index contributed by atoms with van der Waals surface area (Å²) in [6.07, 6.45) is 1.25. The monoisotopic (exact) mass is 90.1 g/mol. The maximum atomic E-state index is 4.25. The molecule has 0 bridgehead atoms. The lowest BCUT2D eigenvalue weighted by atomic mass is 10.6. The Labute approximate surface area is 40.3 Å². The van der Waals surface area contributed by atoms with Crippen molar-refractivity contribution in [3.63, 3.8) is 0 Å². The zero-order chi connectivity index (χ0) is 5.41. The van der Waals surface area contributed by atoms with Crippen LogP contribution in [0.15, 0.2) is 0 Å². The van der Waals surface area contributed by atoms with Gasteiger partial charge in [-0.2, -0.15) is 0 Å². The van der Waals surface area contributed by atoms with Gasteiger partial charge < -0.3 is 4.74 Å². The number of hydrogen-bond donors (Lipinski definition) is 0. The normalized spacial score (nSPS) is 6.00. The van der Waals surface area contributed by atoms with Crippen LogP contribution < -0.4 is 0 Å². The van der Waals surface area contributed by atoms with E-state index in [0.29, 0.717) is 0 Å². The van der Waals surface area contributed by atoms with Crippen LogP contribution in [0.3, 0.4) is 0 Å². The standard InChI is InChI=1S/C3H8.C2H6O/c2*1-3-2/h3H2,1-2H3;1-2H3. The molecule has 1 nitrogen and oxygen atoms in total. The molecule has 0 aliphatic rings. The van der Waals surface area contributed by atoms with Gasteiger partial charge in [0.05, 0.1) is 0 Å². The van der Waals surface area contributed by atoms with E-state index in [1.54, 1.807) is 14.2 Å². The van der Waals surface area contributed by atoms with Gasteiger partial charge in [-0.05, 0) is 0 Å². The molecule has 0 saturated carbocycles. The molecule has 0 spiro atoms. The third-order valence-corrected chi connectivity index (χ3v) is 0. The van der Waals surface area contributed by atoms with Crippen LogP contribution in [0.4, 0.5) is 0 Å². The van der Waals surface area contributed by atoms with Gasteiger partial charge in [-0.25, -0.2) is 0 Å². The predicted octanol–water partition coefficient (Wildman–Crippen LogP) is 1.68. The molecule has 0 rings (SSSR count). The van der Waals surface area contributed by atoms with E-state index in [-0.39, 0.29) is 0 Å². The van der Waals surface area contributed by atoms with E-state index < -0.39 is 0 Å². The number of rotatable bonds is 0. The first-order valence-electron chi connectivity index (χ1n) is 2.23. The van der Waals surface area contributed by atoms with Crippen molar-refractivity contribution in [1.82, 2.24) is 0 Å². The minimum atomic E-state index is 1.25. The predicted molar refractivity (Wildman–Crippen MR) is 28.9 cm³/mol. The van der Waals surface area contributed by atoms with Crippen molar-refractivity contribution in [2.24, 2.45) is 0 Å². The average Bonchev–Trinajstić information content (AvgIpc) is 1.39. The molecule has 0 aliphatic heterocycles. The van der Waals surface area contributed by atoms with Gasteiger partial charge in [0, 0.05) is 14.2 Å². The summed E-state index contributed by atoms with van der Waals surface area (Å²) in [5.41, 5.74) is 0. The third-order valence-electron chi connectivity index (χ3n) is 0. The van der Waals surface area contributed by atoms with E-state index >= 15 is 0 Å². The second-order valence-electron chi connectivity index (χ2n) is 1.12. The Hall–Kier alpha value is -0.0400. The molecule has 0 atom stereocenters. The minimum absolute atomic E-state index is 1.25. The van der Waals surface area contributed by atoms with E-state index in [9.17, 15) is 0 Å². The van der Waals surface area contributed by atoms with Gasteiger partial charge in [-0.1, -0.05) is 20.3 Å². The lowest BCUT2D eigenvalue weighted by molar-refractivity contribution is 0.277. The second-order valence-corrected chi connectivity index (χ2v) is 1.12. The van der Waals surface area contributed by atoms with Crippen molar-refractivity contribution < 1.29 is 4.74 Å². The maximum Gasteiger partial charge on any atom is 0.0351 e. The van der Waals surface area contributed by atoms with Crippen LogP contribution >= 0.6 is 0 Å². The summed E-state index contributed by atoms with van der Waals surface area (Å²) in [4.78, 5) is 0. The lowest BCUT2D eigenvalue weighted by Gasteiger charge is -1.61. The molecule has 0 radical (unpaired) electrons. The molecule has 0 aromatic heterocycles. The fourth-order valence-corrected chi connectivity index (χ4v) is 0. The topological polar surface area (TPSA) is 9.23 Å². The van der Waals surface area contributed by atoms with Gasteiger partial charge in [0.2, 0.25) is 0 Å². The third kappa shape index (κ3) is 21700. The highest BCUT2D eigenvalue weighted by Gasteiger charge is 1.35. The molecule has 0 amide bonds. The van der Waals surface area contributed by atoms with Gasteiger partial charge >= 0.3 is 0 Å². The number of ether oxygens (including phenoxy) is 1. The van der Waals surface area contributed by atoms with Gasteiger partial charge in [0.15, 0.2) is 0 Å².